The fourth-order valence-electron chi connectivity index (χ4n) is 2.44. The number of ether oxygens (including phenoxy) is 1. The molecule has 1 N–H and O–H groups in total. The summed E-state index contributed by atoms with van der Waals surface area (Å²) < 4.78 is 43.2. The van der Waals surface area contributed by atoms with E-state index in [9.17, 15) is 13.2 Å². The van der Waals surface area contributed by atoms with Crippen molar-refractivity contribution in [3.63, 3.8) is 0 Å². The van der Waals surface area contributed by atoms with Gasteiger partial charge in [-0.05, 0) is 25.0 Å². The molecule has 4 nitrogen and oxygen atoms in total. The molecule has 1 saturated heterocycles. The van der Waals surface area contributed by atoms with Gasteiger partial charge in [-0.1, -0.05) is 0 Å². The summed E-state index contributed by atoms with van der Waals surface area (Å²) in [5, 5.41) is 3.43. The SMILES string of the molecule is FC(F)(F)c1ccc(N2CCOCC2CNC2CC2)nc1. The largest absolute Gasteiger partial charge is 0.417 e. The van der Waals surface area contributed by atoms with E-state index in [1.54, 1.807) is 0 Å². The molecule has 7 heteroatoms. The fraction of sp³-hybridized carbons (Fsp3) is 0.643. The first-order valence-electron chi connectivity index (χ1n) is 7.15. The van der Waals surface area contributed by atoms with Crippen molar-refractivity contribution in [1.82, 2.24) is 10.3 Å². The molecule has 1 aliphatic heterocycles. The van der Waals surface area contributed by atoms with Gasteiger partial charge in [0.05, 0.1) is 24.8 Å². The molecule has 2 aliphatic rings. The maximum Gasteiger partial charge on any atom is 0.417 e. The Balaban J connectivity index is 1.69. The molecule has 2 heterocycles. The molecule has 1 aromatic rings. The van der Waals surface area contributed by atoms with E-state index in [4.69, 9.17) is 4.74 Å². The zero-order valence-corrected chi connectivity index (χ0v) is 11.6. The number of aromatic nitrogens is 1. The highest BCUT2D eigenvalue weighted by atomic mass is 19.4. The molecular formula is C14H18F3N3O. The number of alkyl halides is 3. The van der Waals surface area contributed by atoms with Crippen molar-refractivity contribution in [3.8, 4) is 0 Å². The van der Waals surface area contributed by atoms with Crippen molar-refractivity contribution in [3.05, 3.63) is 23.9 Å². The average molecular weight is 301 g/mol. The van der Waals surface area contributed by atoms with Crippen LogP contribution in [0.15, 0.2) is 18.3 Å². The van der Waals surface area contributed by atoms with Crippen molar-refractivity contribution in [2.75, 3.05) is 31.2 Å². The molecule has 1 saturated carbocycles. The third kappa shape index (κ3) is 3.65. The first-order chi connectivity index (χ1) is 10.0. The first kappa shape index (κ1) is 14.6. The molecule has 0 amide bonds. The Morgan fingerprint density at radius 3 is 2.76 bits per heavy atom. The van der Waals surface area contributed by atoms with Crippen LogP contribution >= 0.6 is 0 Å². The van der Waals surface area contributed by atoms with Crippen LogP contribution in [-0.4, -0.2) is 43.4 Å². The molecule has 1 atom stereocenters. The van der Waals surface area contributed by atoms with Crippen molar-refractivity contribution >= 4 is 5.82 Å². The van der Waals surface area contributed by atoms with Crippen LogP contribution in [0.2, 0.25) is 0 Å². The van der Waals surface area contributed by atoms with Crippen molar-refractivity contribution in [2.24, 2.45) is 0 Å². The van der Waals surface area contributed by atoms with Gasteiger partial charge < -0.3 is 15.0 Å². The van der Waals surface area contributed by atoms with Gasteiger partial charge >= 0.3 is 6.18 Å². The van der Waals surface area contributed by atoms with E-state index in [-0.39, 0.29) is 6.04 Å². The number of hydrogen-bond donors (Lipinski definition) is 1. The van der Waals surface area contributed by atoms with Crippen LogP contribution in [0.4, 0.5) is 19.0 Å². The van der Waals surface area contributed by atoms with E-state index in [1.807, 2.05) is 4.90 Å². The first-order valence-corrected chi connectivity index (χ1v) is 7.15. The summed E-state index contributed by atoms with van der Waals surface area (Å²) in [5.74, 6) is 0.578. The third-order valence-corrected chi connectivity index (χ3v) is 3.82. The third-order valence-electron chi connectivity index (χ3n) is 3.82. The van der Waals surface area contributed by atoms with Crippen molar-refractivity contribution in [1.29, 1.82) is 0 Å². The Bertz CT molecular complexity index is 473. The predicted molar refractivity (Wildman–Crippen MR) is 72.2 cm³/mol. The van der Waals surface area contributed by atoms with Crippen LogP contribution in [0.5, 0.6) is 0 Å². The van der Waals surface area contributed by atoms with E-state index in [0.717, 1.165) is 18.8 Å². The van der Waals surface area contributed by atoms with Crippen LogP contribution in [0.3, 0.4) is 0 Å². The standard InChI is InChI=1S/C14H18F3N3O/c15-14(16,17)10-1-4-13(19-7-10)20-5-6-21-9-12(20)8-18-11-2-3-11/h1,4,7,11-12,18H,2-3,5-6,8-9H2. The molecule has 0 spiro atoms. The summed E-state index contributed by atoms with van der Waals surface area (Å²) in [5.41, 5.74) is -0.716. The van der Waals surface area contributed by atoms with E-state index in [0.29, 0.717) is 31.6 Å². The lowest BCUT2D eigenvalue weighted by atomic mass is 10.2. The quantitative estimate of drug-likeness (QED) is 0.924. The highest BCUT2D eigenvalue weighted by Crippen LogP contribution is 2.30. The lowest BCUT2D eigenvalue weighted by Crippen LogP contribution is -2.51. The maximum absolute atomic E-state index is 12.6. The molecular weight excluding hydrogens is 283 g/mol. The number of hydrogen-bond acceptors (Lipinski definition) is 4. The van der Waals surface area contributed by atoms with Gasteiger partial charge in [-0.3, -0.25) is 0 Å². The number of nitrogens with zero attached hydrogens (tertiary/aromatic N) is 2. The minimum absolute atomic E-state index is 0.114. The summed E-state index contributed by atoms with van der Waals surface area (Å²) in [6.07, 6.45) is -1.04. The predicted octanol–water partition coefficient (Wildman–Crippen LogP) is 2.06. The van der Waals surface area contributed by atoms with E-state index < -0.39 is 11.7 Å². The number of morpholine rings is 1. The van der Waals surface area contributed by atoms with E-state index in [2.05, 4.69) is 10.3 Å². The summed E-state index contributed by atoms with van der Waals surface area (Å²) in [4.78, 5) is 6.01. The Morgan fingerprint density at radius 2 is 2.14 bits per heavy atom. The summed E-state index contributed by atoms with van der Waals surface area (Å²) >= 11 is 0. The Hall–Kier alpha value is -1.34. The maximum atomic E-state index is 12.6. The molecule has 2 fully saturated rings. The average Bonchev–Trinajstić information content (AvgIpc) is 3.29. The van der Waals surface area contributed by atoms with Crippen LogP contribution in [0.1, 0.15) is 18.4 Å². The Kier molecular flexibility index (Phi) is 4.03. The number of pyridine rings is 1. The monoisotopic (exact) mass is 301 g/mol. The molecule has 1 aliphatic carbocycles. The molecule has 0 aromatic carbocycles. The second kappa shape index (κ2) is 5.81. The topological polar surface area (TPSA) is 37.4 Å². The van der Waals surface area contributed by atoms with Gasteiger partial charge in [0, 0.05) is 25.3 Å². The lowest BCUT2D eigenvalue weighted by Gasteiger charge is -2.36. The van der Waals surface area contributed by atoms with E-state index in [1.165, 1.54) is 18.9 Å². The number of rotatable bonds is 4. The zero-order chi connectivity index (χ0) is 14.9. The molecule has 1 aromatic heterocycles. The normalized spacial score (nSPS) is 23.4. The van der Waals surface area contributed by atoms with E-state index >= 15 is 0 Å². The lowest BCUT2D eigenvalue weighted by molar-refractivity contribution is -0.137. The van der Waals surface area contributed by atoms with Crippen LogP contribution in [0, 0.1) is 0 Å². The van der Waals surface area contributed by atoms with Gasteiger partial charge in [-0.15, -0.1) is 0 Å². The highest BCUT2D eigenvalue weighted by molar-refractivity contribution is 5.41. The number of halogens is 3. The van der Waals surface area contributed by atoms with Gasteiger partial charge in [-0.25, -0.2) is 4.98 Å². The van der Waals surface area contributed by atoms with Crippen molar-refractivity contribution in [2.45, 2.75) is 31.1 Å². The fourth-order valence-corrected chi connectivity index (χ4v) is 2.44. The molecule has 0 radical (unpaired) electrons. The minimum atomic E-state index is -4.34. The van der Waals surface area contributed by atoms with Gasteiger partial charge in [0.1, 0.15) is 5.82 Å². The van der Waals surface area contributed by atoms with Crippen molar-refractivity contribution < 1.29 is 17.9 Å². The highest BCUT2D eigenvalue weighted by Gasteiger charge is 2.32. The van der Waals surface area contributed by atoms with Gasteiger partial charge in [0.25, 0.3) is 0 Å². The second-order valence-electron chi connectivity index (χ2n) is 5.51. The summed E-state index contributed by atoms with van der Waals surface area (Å²) in [6, 6.07) is 3.24. The molecule has 21 heavy (non-hydrogen) atoms. The summed E-state index contributed by atoms with van der Waals surface area (Å²) in [6.45, 7) is 2.56. The zero-order valence-electron chi connectivity index (χ0n) is 11.6. The minimum Gasteiger partial charge on any atom is -0.377 e. The number of anilines is 1. The van der Waals surface area contributed by atoms with Gasteiger partial charge in [0.15, 0.2) is 0 Å². The Morgan fingerprint density at radius 1 is 1.33 bits per heavy atom. The molecule has 0 bridgehead atoms. The van der Waals surface area contributed by atoms with Crippen LogP contribution < -0.4 is 10.2 Å². The molecule has 3 rings (SSSR count). The Labute approximate surface area is 121 Å². The van der Waals surface area contributed by atoms with Crippen LogP contribution in [0.25, 0.3) is 0 Å². The number of nitrogens with one attached hydrogen (secondary N) is 1. The van der Waals surface area contributed by atoms with Gasteiger partial charge in [-0.2, -0.15) is 13.2 Å². The summed E-state index contributed by atoms with van der Waals surface area (Å²) in [7, 11) is 0. The smallest absolute Gasteiger partial charge is 0.377 e. The van der Waals surface area contributed by atoms with Crippen LogP contribution in [-0.2, 0) is 10.9 Å². The van der Waals surface area contributed by atoms with Gasteiger partial charge in [0.2, 0.25) is 0 Å². The second-order valence-corrected chi connectivity index (χ2v) is 5.51. The molecule has 1 unspecified atom stereocenters. The molecule has 116 valence electrons.